The summed E-state index contributed by atoms with van der Waals surface area (Å²) < 4.78 is 18.5. The van der Waals surface area contributed by atoms with Crippen molar-refractivity contribution in [1.29, 1.82) is 0 Å². The molecule has 3 heteroatoms. The second-order valence-electron chi connectivity index (χ2n) is 3.86. The van der Waals surface area contributed by atoms with Gasteiger partial charge in [0.05, 0.1) is 12.7 Å². The Morgan fingerprint density at radius 3 is 2.60 bits per heavy atom. The lowest BCUT2D eigenvalue weighted by Crippen LogP contribution is -2.15. The molecule has 15 heavy (non-hydrogen) atoms. The predicted octanol–water partition coefficient (Wildman–Crippen LogP) is 2.59. The molecule has 2 nitrogen and oxygen atoms in total. The highest BCUT2D eigenvalue weighted by Gasteiger charge is 2.15. The maximum atomic E-state index is 13.0. The number of hydrogen-bond donors (Lipinski definition) is 1. The fourth-order valence-corrected chi connectivity index (χ4v) is 1.50. The Kier molecular flexibility index (Phi) is 4.24. The molecule has 0 aliphatic heterocycles. The molecule has 0 aliphatic carbocycles. The molecule has 0 fully saturated rings. The molecule has 0 saturated heterocycles. The van der Waals surface area contributed by atoms with Gasteiger partial charge in [0.25, 0.3) is 0 Å². The summed E-state index contributed by atoms with van der Waals surface area (Å²) in [5, 5.41) is 9.20. The highest BCUT2D eigenvalue weighted by Crippen LogP contribution is 2.23. The number of hydrogen-bond acceptors (Lipinski definition) is 2. The van der Waals surface area contributed by atoms with E-state index in [0.717, 1.165) is 5.56 Å². The fourth-order valence-electron chi connectivity index (χ4n) is 1.50. The summed E-state index contributed by atoms with van der Waals surface area (Å²) in [5.41, 5.74) is 1.64. The van der Waals surface area contributed by atoms with Gasteiger partial charge in [0.1, 0.15) is 11.9 Å². The zero-order valence-electron chi connectivity index (χ0n) is 9.33. The lowest BCUT2D eigenvalue weighted by Gasteiger charge is -2.20. The Labute approximate surface area is 89.7 Å². The van der Waals surface area contributed by atoms with Crippen molar-refractivity contribution < 1.29 is 14.2 Å². The Hall–Kier alpha value is -0.930. The van der Waals surface area contributed by atoms with Crippen LogP contribution in [0.5, 0.6) is 0 Å². The van der Waals surface area contributed by atoms with Gasteiger partial charge in [-0.05, 0) is 44.0 Å². The van der Waals surface area contributed by atoms with E-state index in [1.165, 1.54) is 12.1 Å². The average molecular weight is 212 g/mol. The van der Waals surface area contributed by atoms with E-state index in [0.29, 0.717) is 5.56 Å². The van der Waals surface area contributed by atoms with Crippen LogP contribution in [0.25, 0.3) is 0 Å². The third-order valence-electron chi connectivity index (χ3n) is 2.19. The van der Waals surface area contributed by atoms with Gasteiger partial charge in [-0.3, -0.25) is 0 Å². The van der Waals surface area contributed by atoms with Crippen LogP contribution in [-0.4, -0.2) is 17.8 Å². The SMILES string of the molecule is Cc1ccc(F)cc1C(CO)OC(C)C. The number of aliphatic hydroxyl groups excluding tert-OH is 1. The van der Waals surface area contributed by atoms with Gasteiger partial charge in [-0.2, -0.15) is 0 Å². The summed E-state index contributed by atoms with van der Waals surface area (Å²) in [6.45, 7) is 5.51. The van der Waals surface area contributed by atoms with Crippen LogP contribution >= 0.6 is 0 Å². The van der Waals surface area contributed by atoms with Gasteiger partial charge in [-0.1, -0.05) is 6.07 Å². The van der Waals surface area contributed by atoms with E-state index in [1.807, 2.05) is 20.8 Å². The topological polar surface area (TPSA) is 29.5 Å². The van der Waals surface area contributed by atoms with E-state index in [2.05, 4.69) is 0 Å². The molecule has 0 amide bonds. The van der Waals surface area contributed by atoms with Gasteiger partial charge in [-0.25, -0.2) is 4.39 Å². The van der Waals surface area contributed by atoms with Crippen LogP contribution in [-0.2, 0) is 4.74 Å². The Morgan fingerprint density at radius 1 is 1.40 bits per heavy atom. The molecule has 0 aliphatic rings. The zero-order chi connectivity index (χ0) is 11.4. The van der Waals surface area contributed by atoms with Crippen LogP contribution in [0.15, 0.2) is 18.2 Å². The molecule has 1 rings (SSSR count). The van der Waals surface area contributed by atoms with Gasteiger partial charge >= 0.3 is 0 Å². The van der Waals surface area contributed by atoms with Crippen molar-refractivity contribution in [2.45, 2.75) is 33.0 Å². The minimum absolute atomic E-state index is 0.00446. The molecule has 0 radical (unpaired) electrons. The molecule has 1 N–H and O–H groups in total. The van der Waals surface area contributed by atoms with E-state index in [4.69, 9.17) is 4.74 Å². The van der Waals surface area contributed by atoms with E-state index in [1.54, 1.807) is 6.07 Å². The highest BCUT2D eigenvalue weighted by molar-refractivity contribution is 5.28. The fraction of sp³-hybridized carbons (Fsp3) is 0.500. The molecule has 84 valence electrons. The summed E-state index contributed by atoms with van der Waals surface area (Å²) in [6, 6.07) is 4.51. The molecule has 0 saturated carbocycles. The molecule has 0 spiro atoms. The monoisotopic (exact) mass is 212 g/mol. The molecule has 0 aromatic heterocycles. The van der Waals surface area contributed by atoms with Crippen LogP contribution in [0.2, 0.25) is 0 Å². The quantitative estimate of drug-likeness (QED) is 0.831. The number of ether oxygens (including phenoxy) is 1. The maximum absolute atomic E-state index is 13.0. The standard InChI is InChI=1S/C12H17FO2/c1-8(2)15-12(7-14)11-6-10(13)5-4-9(11)3/h4-6,8,12,14H,7H2,1-3H3. The molecule has 1 atom stereocenters. The number of aryl methyl sites for hydroxylation is 1. The normalized spacial score (nSPS) is 13.2. The van der Waals surface area contributed by atoms with Gasteiger partial charge in [-0.15, -0.1) is 0 Å². The van der Waals surface area contributed by atoms with Crippen molar-refractivity contribution in [2.24, 2.45) is 0 Å². The number of benzene rings is 1. The van der Waals surface area contributed by atoms with Crippen LogP contribution in [0, 0.1) is 12.7 Å². The second kappa shape index (κ2) is 5.24. The number of aliphatic hydroxyl groups is 1. The Bertz CT molecular complexity index is 323. The van der Waals surface area contributed by atoms with Crippen LogP contribution in [0.3, 0.4) is 0 Å². The van der Waals surface area contributed by atoms with Crippen molar-refractivity contribution in [3.63, 3.8) is 0 Å². The third kappa shape index (κ3) is 3.29. The van der Waals surface area contributed by atoms with Crippen molar-refractivity contribution >= 4 is 0 Å². The van der Waals surface area contributed by atoms with E-state index in [9.17, 15) is 9.50 Å². The maximum Gasteiger partial charge on any atom is 0.123 e. The predicted molar refractivity (Wildman–Crippen MR) is 57.2 cm³/mol. The smallest absolute Gasteiger partial charge is 0.123 e. The lowest BCUT2D eigenvalue weighted by atomic mass is 10.0. The minimum atomic E-state index is -0.444. The number of halogens is 1. The van der Waals surface area contributed by atoms with Crippen molar-refractivity contribution in [3.05, 3.63) is 35.1 Å². The average Bonchev–Trinajstić information content (AvgIpc) is 2.18. The summed E-state index contributed by atoms with van der Waals surface area (Å²) in [5.74, 6) is -0.304. The first-order chi connectivity index (χ1) is 7.04. The van der Waals surface area contributed by atoms with Crippen molar-refractivity contribution in [2.75, 3.05) is 6.61 Å². The van der Waals surface area contributed by atoms with E-state index < -0.39 is 6.10 Å². The first kappa shape index (κ1) is 12.1. The third-order valence-corrected chi connectivity index (χ3v) is 2.19. The Morgan fingerprint density at radius 2 is 2.07 bits per heavy atom. The molecule has 0 bridgehead atoms. The summed E-state index contributed by atoms with van der Waals surface area (Å²) >= 11 is 0. The van der Waals surface area contributed by atoms with E-state index in [-0.39, 0.29) is 18.5 Å². The van der Waals surface area contributed by atoms with Crippen LogP contribution in [0.1, 0.15) is 31.1 Å². The van der Waals surface area contributed by atoms with Gasteiger partial charge in [0, 0.05) is 0 Å². The Balaban J connectivity index is 2.95. The lowest BCUT2D eigenvalue weighted by molar-refractivity contribution is -0.0252. The summed E-state index contributed by atoms with van der Waals surface area (Å²) in [6.07, 6.45) is -0.439. The van der Waals surface area contributed by atoms with Gasteiger partial charge in [0.15, 0.2) is 0 Å². The van der Waals surface area contributed by atoms with Crippen LogP contribution in [0.4, 0.5) is 4.39 Å². The van der Waals surface area contributed by atoms with Crippen molar-refractivity contribution in [1.82, 2.24) is 0 Å². The van der Waals surface area contributed by atoms with Gasteiger partial charge in [0.2, 0.25) is 0 Å². The summed E-state index contributed by atoms with van der Waals surface area (Å²) in [4.78, 5) is 0. The molecule has 1 aromatic rings. The molecule has 1 unspecified atom stereocenters. The van der Waals surface area contributed by atoms with Crippen molar-refractivity contribution in [3.8, 4) is 0 Å². The first-order valence-electron chi connectivity index (χ1n) is 5.07. The minimum Gasteiger partial charge on any atom is -0.393 e. The molecule has 1 aromatic carbocycles. The molecule has 0 heterocycles. The summed E-state index contributed by atoms with van der Waals surface area (Å²) in [7, 11) is 0. The second-order valence-corrected chi connectivity index (χ2v) is 3.86. The molecular weight excluding hydrogens is 195 g/mol. The number of rotatable bonds is 4. The highest BCUT2D eigenvalue weighted by atomic mass is 19.1. The molecular formula is C12H17FO2. The van der Waals surface area contributed by atoms with Crippen LogP contribution < -0.4 is 0 Å². The zero-order valence-corrected chi connectivity index (χ0v) is 9.33. The largest absolute Gasteiger partial charge is 0.393 e. The van der Waals surface area contributed by atoms with E-state index >= 15 is 0 Å². The first-order valence-corrected chi connectivity index (χ1v) is 5.07. The van der Waals surface area contributed by atoms with Gasteiger partial charge < -0.3 is 9.84 Å².